The van der Waals surface area contributed by atoms with Crippen molar-refractivity contribution in [3.05, 3.63) is 59.7 Å². The lowest BCUT2D eigenvalue weighted by atomic mass is 10.2. The van der Waals surface area contributed by atoms with Gasteiger partial charge in [0, 0.05) is 12.2 Å². The zero-order chi connectivity index (χ0) is 19.4. The molecule has 1 amide bonds. The largest absolute Gasteiger partial charge is 0.465 e. The highest BCUT2D eigenvalue weighted by Crippen LogP contribution is 2.20. The van der Waals surface area contributed by atoms with E-state index in [0.717, 1.165) is 0 Å². The Labute approximate surface area is 156 Å². The molecule has 2 aromatic carbocycles. The molecule has 0 aliphatic carbocycles. The molecule has 0 saturated carbocycles. The number of anilines is 1. The number of nitrogens with zero attached hydrogens (tertiary/aromatic N) is 1. The van der Waals surface area contributed by atoms with E-state index in [4.69, 9.17) is 4.74 Å². The van der Waals surface area contributed by atoms with Gasteiger partial charge in [0.1, 0.15) is 6.61 Å². The Morgan fingerprint density at radius 3 is 2.59 bits per heavy atom. The van der Waals surface area contributed by atoms with E-state index in [2.05, 4.69) is 9.46 Å². The zero-order valence-corrected chi connectivity index (χ0v) is 15.4. The second kappa shape index (κ2) is 7.77. The molecular weight excluding hydrogens is 372 g/mol. The third-order valence-corrected chi connectivity index (χ3v) is 5.45. The Morgan fingerprint density at radius 1 is 1.22 bits per heavy atom. The van der Waals surface area contributed by atoms with Gasteiger partial charge in [-0.1, -0.05) is 12.1 Å². The van der Waals surface area contributed by atoms with Crippen LogP contribution in [0.5, 0.6) is 0 Å². The number of hydrogen-bond acceptors (Lipinski definition) is 6. The molecule has 1 aliphatic heterocycles. The van der Waals surface area contributed by atoms with Crippen LogP contribution in [0.4, 0.5) is 10.5 Å². The Hall–Kier alpha value is -2.91. The maximum atomic E-state index is 12.4. The molecular formula is C18H18N2O6S. The molecule has 2 aromatic rings. The number of hydrogen-bond donors (Lipinski definition) is 1. The number of methoxy groups -OCH3 is 1. The number of cyclic esters (lactones) is 1. The number of ether oxygens (including phenoxy) is 2. The third-order valence-electron chi connectivity index (χ3n) is 4.04. The molecule has 0 spiro atoms. The van der Waals surface area contributed by atoms with Crippen LogP contribution in [0.2, 0.25) is 0 Å². The second-order valence-corrected chi connectivity index (χ2v) is 7.54. The van der Waals surface area contributed by atoms with Crippen molar-refractivity contribution < 1.29 is 27.5 Å². The molecule has 9 heteroatoms. The predicted molar refractivity (Wildman–Crippen MR) is 96.9 cm³/mol. The number of carbonyl (C=O) groups is 2. The van der Waals surface area contributed by atoms with Crippen molar-refractivity contribution in [3.8, 4) is 0 Å². The van der Waals surface area contributed by atoms with Gasteiger partial charge in [0.2, 0.25) is 10.0 Å². The SMILES string of the molecule is COC(=O)c1ccc(S(=O)(=O)NCc2cccc(N3CCOC3=O)c2)cc1. The van der Waals surface area contributed by atoms with Crippen molar-refractivity contribution in [2.75, 3.05) is 25.2 Å². The summed E-state index contributed by atoms with van der Waals surface area (Å²) in [6, 6.07) is 12.4. The summed E-state index contributed by atoms with van der Waals surface area (Å²) in [5.74, 6) is -0.538. The van der Waals surface area contributed by atoms with Crippen LogP contribution in [0.15, 0.2) is 53.4 Å². The molecule has 0 aromatic heterocycles. The molecule has 8 nitrogen and oxygen atoms in total. The fraction of sp³-hybridized carbons (Fsp3) is 0.222. The van der Waals surface area contributed by atoms with Gasteiger partial charge < -0.3 is 9.47 Å². The first-order valence-electron chi connectivity index (χ1n) is 8.12. The smallest absolute Gasteiger partial charge is 0.414 e. The lowest BCUT2D eigenvalue weighted by Gasteiger charge is -2.14. The van der Waals surface area contributed by atoms with Gasteiger partial charge in [0.05, 0.1) is 24.1 Å². The summed E-state index contributed by atoms with van der Waals surface area (Å²) in [6.45, 7) is 0.843. The average Bonchev–Trinajstić information content (AvgIpc) is 3.12. The zero-order valence-electron chi connectivity index (χ0n) is 14.5. The summed E-state index contributed by atoms with van der Waals surface area (Å²) in [6.07, 6.45) is -0.418. The first-order valence-corrected chi connectivity index (χ1v) is 9.60. The van der Waals surface area contributed by atoms with Crippen molar-refractivity contribution in [1.29, 1.82) is 0 Å². The third kappa shape index (κ3) is 4.26. The molecule has 1 aliphatic rings. The molecule has 27 heavy (non-hydrogen) atoms. The number of amides is 1. The van der Waals surface area contributed by atoms with Gasteiger partial charge in [-0.2, -0.15) is 0 Å². The summed E-state index contributed by atoms with van der Waals surface area (Å²) in [7, 11) is -2.50. The number of carbonyl (C=O) groups excluding carboxylic acids is 2. The normalized spacial score (nSPS) is 14.1. The topological polar surface area (TPSA) is 102 Å². The minimum absolute atomic E-state index is 0.0365. The van der Waals surface area contributed by atoms with Crippen molar-refractivity contribution in [1.82, 2.24) is 4.72 Å². The van der Waals surface area contributed by atoms with E-state index >= 15 is 0 Å². The Bertz CT molecular complexity index is 956. The lowest BCUT2D eigenvalue weighted by molar-refractivity contribution is 0.0600. The molecule has 1 saturated heterocycles. The number of sulfonamides is 1. The van der Waals surface area contributed by atoms with Crippen molar-refractivity contribution >= 4 is 27.8 Å². The van der Waals surface area contributed by atoms with Gasteiger partial charge in [0.15, 0.2) is 0 Å². The summed E-state index contributed by atoms with van der Waals surface area (Å²) in [5, 5.41) is 0. The minimum atomic E-state index is -3.76. The standard InChI is InChI=1S/C18H18N2O6S/c1-25-17(21)14-5-7-16(8-6-14)27(23,24)19-12-13-3-2-4-15(11-13)20-9-10-26-18(20)22/h2-8,11,19H,9-10,12H2,1H3. The molecule has 3 rings (SSSR count). The Kier molecular flexibility index (Phi) is 5.43. The predicted octanol–water partition coefficient (Wildman–Crippen LogP) is 1.91. The molecule has 0 unspecified atom stereocenters. The molecule has 142 valence electrons. The van der Waals surface area contributed by atoms with E-state index in [-0.39, 0.29) is 17.0 Å². The quantitative estimate of drug-likeness (QED) is 0.756. The summed E-state index contributed by atoms with van der Waals surface area (Å²) < 4.78 is 36.9. The maximum Gasteiger partial charge on any atom is 0.414 e. The Balaban J connectivity index is 1.70. The van der Waals surface area contributed by atoms with Crippen molar-refractivity contribution in [2.24, 2.45) is 0 Å². The van der Waals surface area contributed by atoms with E-state index in [1.807, 2.05) is 0 Å². The van der Waals surface area contributed by atoms with E-state index in [1.54, 1.807) is 24.3 Å². The lowest BCUT2D eigenvalue weighted by Crippen LogP contribution is -2.25. The summed E-state index contributed by atoms with van der Waals surface area (Å²) in [4.78, 5) is 24.6. The van der Waals surface area contributed by atoms with Crippen LogP contribution in [0.25, 0.3) is 0 Å². The average molecular weight is 390 g/mol. The van der Waals surface area contributed by atoms with Crippen LogP contribution in [-0.2, 0) is 26.0 Å². The van der Waals surface area contributed by atoms with E-state index in [9.17, 15) is 18.0 Å². The van der Waals surface area contributed by atoms with E-state index < -0.39 is 22.1 Å². The fourth-order valence-corrected chi connectivity index (χ4v) is 3.63. The van der Waals surface area contributed by atoms with Crippen LogP contribution in [0.3, 0.4) is 0 Å². The van der Waals surface area contributed by atoms with Gasteiger partial charge in [-0.3, -0.25) is 4.90 Å². The Morgan fingerprint density at radius 2 is 1.96 bits per heavy atom. The number of esters is 1. The first kappa shape index (κ1) is 18.9. The summed E-state index contributed by atoms with van der Waals surface area (Å²) in [5.41, 5.74) is 1.61. The molecule has 0 radical (unpaired) electrons. The van der Waals surface area contributed by atoms with E-state index in [1.165, 1.54) is 36.3 Å². The monoisotopic (exact) mass is 390 g/mol. The minimum Gasteiger partial charge on any atom is -0.465 e. The number of nitrogens with one attached hydrogen (secondary N) is 1. The van der Waals surface area contributed by atoms with Crippen LogP contribution >= 0.6 is 0 Å². The van der Waals surface area contributed by atoms with Gasteiger partial charge in [-0.25, -0.2) is 22.7 Å². The number of rotatable bonds is 6. The van der Waals surface area contributed by atoms with Gasteiger partial charge >= 0.3 is 12.1 Å². The fourth-order valence-electron chi connectivity index (χ4n) is 2.61. The highest BCUT2D eigenvalue weighted by molar-refractivity contribution is 7.89. The molecule has 1 fully saturated rings. The van der Waals surface area contributed by atoms with Gasteiger partial charge in [-0.15, -0.1) is 0 Å². The van der Waals surface area contributed by atoms with Crippen LogP contribution in [0.1, 0.15) is 15.9 Å². The maximum absolute atomic E-state index is 12.4. The van der Waals surface area contributed by atoms with Crippen molar-refractivity contribution in [2.45, 2.75) is 11.4 Å². The molecule has 1 heterocycles. The van der Waals surface area contributed by atoms with E-state index in [0.29, 0.717) is 24.4 Å². The molecule has 0 bridgehead atoms. The van der Waals surface area contributed by atoms with Crippen LogP contribution in [-0.4, -0.2) is 40.7 Å². The second-order valence-electron chi connectivity index (χ2n) is 5.78. The highest BCUT2D eigenvalue weighted by atomic mass is 32.2. The van der Waals surface area contributed by atoms with Gasteiger partial charge in [0.25, 0.3) is 0 Å². The first-order chi connectivity index (χ1) is 12.9. The van der Waals surface area contributed by atoms with Crippen LogP contribution < -0.4 is 9.62 Å². The van der Waals surface area contributed by atoms with Crippen molar-refractivity contribution in [3.63, 3.8) is 0 Å². The highest BCUT2D eigenvalue weighted by Gasteiger charge is 2.23. The van der Waals surface area contributed by atoms with Crippen LogP contribution in [0, 0.1) is 0 Å². The number of benzene rings is 2. The van der Waals surface area contributed by atoms with Gasteiger partial charge in [-0.05, 0) is 42.0 Å². The summed E-state index contributed by atoms with van der Waals surface area (Å²) >= 11 is 0. The molecule has 1 N–H and O–H groups in total. The molecule has 0 atom stereocenters.